The van der Waals surface area contributed by atoms with Crippen LogP contribution >= 0.6 is 11.6 Å². The molecule has 1 atom stereocenters. The third-order valence-electron chi connectivity index (χ3n) is 2.20. The van der Waals surface area contributed by atoms with E-state index >= 15 is 0 Å². The first-order chi connectivity index (χ1) is 7.19. The van der Waals surface area contributed by atoms with Crippen molar-refractivity contribution >= 4 is 11.6 Å². The number of aliphatic hydroxyl groups is 1. The van der Waals surface area contributed by atoms with E-state index in [0.717, 1.165) is 24.2 Å². The summed E-state index contributed by atoms with van der Waals surface area (Å²) in [4.78, 5) is 0. The topological polar surface area (TPSA) is 29.5 Å². The summed E-state index contributed by atoms with van der Waals surface area (Å²) >= 11 is 6.01. The molecule has 15 heavy (non-hydrogen) atoms. The minimum atomic E-state index is -0.497. The molecule has 0 aromatic heterocycles. The smallest absolute Gasteiger partial charge is 0.119 e. The van der Waals surface area contributed by atoms with E-state index in [9.17, 15) is 5.11 Å². The zero-order chi connectivity index (χ0) is 11.3. The first-order valence-corrected chi connectivity index (χ1v) is 5.67. The molecule has 2 nitrogen and oxygen atoms in total. The Labute approximate surface area is 95.8 Å². The predicted molar refractivity (Wildman–Crippen MR) is 62.5 cm³/mol. The second-order valence-corrected chi connectivity index (χ2v) is 3.83. The van der Waals surface area contributed by atoms with Crippen molar-refractivity contribution in [3.05, 3.63) is 28.8 Å². The molecular formula is C12H17ClO2. The van der Waals surface area contributed by atoms with Crippen LogP contribution in [0.15, 0.2) is 18.2 Å². The lowest BCUT2D eigenvalue weighted by atomic mass is 10.1. The first-order valence-electron chi connectivity index (χ1n) is 5.29. The van der Waals surface area contributed by atoms with Crippen molar-refractivity contribution in [1.82, 2.24) is 0 Å². The molecule has 84 valence electrons. The average molecular weight is 229 g/mol. The highest BCUT2D eigenvalue weighted by Crippen LogP contribution is 2.29. The van der Waals surface area contributed by atoms with Crippen LogP contribution in [0, 0.1) is 0 Å². The molecule has 1 aromatic carbocycles. The van der Waals surface area contributed by atoms with Crippen LogP contribution in [0.1, 0.15) is 38.4 Å². The fourth-order valence-corrected chi connectivity index (χ4v) is 1.71. The van der Waals surface area contributed by atoms with E-state index in [-0.39, 0.29) is 0 Å². The van der Waals surface area contributed by atoms with Crippen LogP contribution in [0.5, 0.6) is 5.75 Å². The van der Waals surface area contributed by atoms with E-state index in [1.165, 1.54) is 0 Å². The minimum Gasteiger partial charge on any atom is -0.494 e. The number of halogens is 1. The molecule has 0 heterocycles. The molecule has 0 saturated heterocycles. The van der Waals surface area contributed by atoms with Crippen LogP contribution in [0.3, 0.4) is 0 Å². The van der Waals surface area contributed by atoms with Gasteiger partial charge in [-0.2, -0.15) is 0 Å². The molecule has 0 fully saturated rings. The maximum Gasteiger partial charge on any atom is 0.119 e. The van der Waals surface area contributed by atoms with Gasteiger partial charge in [0.05, 0.1) is 12.7 Å². The van der Waals surface area contributed by atoms with Gasteiger partial charge in [-0.1, -0.05) is 24.9 Å². The van der Waals surface area contributed by atoms with E-state index in [1.54, 1.807) is 6.07 Å². The van der Waals surface area contributed by atoms with Crippen molar-refractivity contribution in [2.24, 2.45) is 0 Å². The van der Waals surface area contributed by atoms with Gasteiger partial charge in [0.25, 0.3) is 0 Å². The van der Waals surface area contributed by atoms with Crippen molar-refractivity contribution in [2.75, 3.05) is 6.61 Å². The van der Waals surface area contributed by atoms with Crippen molar-refractivity contribution < 1.29 is 9.84 Å². The number of ether oxygens (including phenoxy) is 1. The maximum absolute atomic E-state index is 9.85. The van der Waals surface area contributed by atoms with Gasteiger partial charge >= 0.3 is 0 Å². The largest absolute Gasteiger partial charge is 0.494 e. The SMILES string of the molecule is CCCC(O)c1cc(OCC)ccc1Cl. The zero-order valence-electron chi connectivity index (χ0n) is 9.16. The van der Waals surface area contributed by atoms with Gasteiger partial charge in [-0.25, -0.2) is 0 Å². The van der Waals surface area contributed by atoms with E-state index < -0.39 is 6.10 Å². The Morgan fingerprint density at radius 3 is 2.73 bits per heavy atom. The molecule has 0 radical (unpaired) electrons. The van der Waals surface area contributed by atoms with E-state index in [0.29, 0.717) is 11.6 Å². The van der Waals surface area contributed by atoms with Crippen molar-refractivity contribution in [3.8, 4) is 5.75 Å². The van der Waals surface area contributed by atoms with Gasteiger partial charge in [0.1, 0.15) is 5.75 Å². The summed E-state index contributed by atoms with van der Waals surface area (Å²) in [6, 6.07) is 5.39. The molecule has 1 N–H and O–H groups in total. The Morgan fingerprint density at radius 1 is 1.40 bits per heavy atom. The van der Waals surface area contributed by atoms with Crippen LogP contribution in [-0.4, -0.2) is 11.7 Å². The van der Waals surface area contributed by atoms with Crippen LogP contribution < -0.4 is 4.74 Å². The lowest BCUT2D eigenvalue weighted by molar-refractivity contribution is 0.166. The maximum atomic E-state index is 9.85. The molecule has 3 heteroatoms. The van der Waals surface area contributed by atoms with Crippen molar-refractivity contribution in [3.63, 3.8) is 0 Å². The lowest BCUT2D eigenvalue weighted by Crippen LogP contribution is -1.99. The van der Waals surface area contributed by atoms with E-state index in [4.69, 9.17) is 16.3 Å². The molecule has 0 aliphatic carbocycles. The third kappa shape index (κ3) is 3.40. The highest BCUT2D eigenvalue weighted by Gasteiger charge is 2.11. The monoisotopic (exact) mass is 228 g/mol. The Hall–Kier alpha value is -0.730. The van der Waals surface area contributed by atoms with E-state index in [1.807, 2.05) is 26.0 Å². The standard InChI is InChI=1S/C12H17ClO2/c1-3-5-12(14)10-8-9(15-4-2)6-7-11(10)13/h6-8,12,14H,3-5H2,1-2H3. The molecule has 0 aliphatic rings. The minimum absolute atomic E-state index is 0.497. The van der Waals surface area contributed by atoms with Gasteiger partial charge in [-0.15, -0.1) is 0 Å². The Morgan fingerprint density at radius 2 is 2.13 bits per heavy atom. The van der Waals surface area contributed by atoms with Crippen LogP contribution in [-0.2, 0) is 0 Å². The number of aliphatic hydroxyl groups excluding tert-OH is 1. The van der Waals surface area contributed by atoms with Crippen LogP contribution in [0.25, 0.3) is 0 Å². The molecule has 1 rings (SSSR count). The molecule has 0 saturated carbocycles. The Bertz CT molecular complexity index is 312. The summed E-state index contributed by atoms with van der Waals surface area (Å²) in [7, 11) is 0. The summed E-state index contributed by atoms with van der Waals surface area (Å²) in [5.74, 6) is 0.757. The van der Waals surface area contributed by atoms with Gasteiger partial charge in [0.2, 0.25) is 0 Å². The third-order valence-corrected chi connectivity index (χ3v) is 2.54. The first kappa shape index (κ1) is 12.3. The molecule has 0 aliphatic heterocycles. The number of hydrogen-bond acceptors (Lipinski definition) is 2. The highest BCUT2D eigenvalue weighted by molar-refractivity contribution is 6.31. The van der Waals surface area contributed by atoms with Crippen molar-refractivity contribution in [2.45, 2.75) is 32.8 Å². The van der Waals surface area contributed by atoms with Gasteiger partial charge in [-0.3, -0.25) is 0 Å². The van der Waals surface area contributed by atoms with Gasteiger partial charge in [0, 0.05) is 10.6 Å². The second kappa shape index (κ2) is 5.99. The molecule has 0 amide bonds. The van der Waals surface area contributed by atoms with Gasteiger partial charge in [-0.05, 0) is 31.5 Å². The number of rotatable bonds is 5. The second-order valence-electron chi connectivity index (χ2n) is 3.42. The van der Waals surface area contributed by atoms with Gasteiger partial charge < -0.3 is 9.84 Å². The van der Waals surface area contributed by atoms with Crippen molar-refractivity contribution in [1.29, 1.82) is 0 Å². The summed E-state index contributed by atoms with van der Waals surface area (Å²) in [6.07, 6.45) is 1.15. The fraction of sp³-hybridized carbons (Fsp3) is 0.500. The van der Waals surface area contributed by atoms with Crippen LogP contribution in [0.2, 0.25) is 5.02 Å². The number of benzene rings is 1. The molecule has 1 aromatic rings. The highest BCUT2D eigenvalue weighted by atomic mass is 35.5. The molecule has 0 bridgehead atoms. The lowest BCUT2D eigenvalue weighted by Gasteiger charge is -2.13. The normalized spacial score (nSPS) is 12.5. The average Bonchev–Trinajstić information content (AvgIpc) is 2.21. The zero-order valence-corrected chi connectivity index (χ0v) is 9.92. The number of hydrogen-bond donors (Lipinski definition) is 1. The summed E-state index contributed by atoms with van der Waals surface area (Å²) < 4.78 is 5.36. The molecular weight excluding hydrogens is 212 g/mol. The van der Waals surface area contributed by atoms with E-state index in [2.05, 4.69) is 0 Å². The van der Waals surface area contributed by atoms with Gasteiger partial charge in [0.15, 0.2) is 0 Å². The van der Waals surface area contributed by atoms with Crippen LogP contribution in [0.4, 0.5) is 0 Å². The fourth-order valence-electron chi connectivity index (χ4n) is 1.46. The summed E-state index contributed by atoms with van der Waals surface area (Å²) in [5, 5.41) is 10.5. The Balaban J connectivity index is 2.89. The Kier molecular flexibility index (Phi) is 4.92. The summed E-state index contributed by atoms with van der Waals surface area (Å²) in [6.45, 7) is 4.57. The molecule has 1 unspecified atom stereocenters. The molecule has 0 spiro atoms. The summed E-state index contributed by atoms with van der Waals surface area (Å²) in [5.41, 5.74) is 0.754. The predicted octanol–water partition coefficient (Wildman–Crippen LogP) is 3.57. The quantitative estimate of drug-likeness (QED) is 0.835.